The molecule has 2 rings (SSSR count). The maximum atomic E-state index is 12.2. The smallest absolute Gasteiger partial charge is 0.404 e. The molecule has 1 aromatic heterocycles. The molecule has 0 bridgehead atoms. The molecule has 2 N–H and O–H groups in total. The van der Waals surface area contributed by atoms with Crippen LogP contribution in [0.2, 0.25) is 0 Å². The Balaban J connectivity index is 2.31. The molecule has 0 aliphatic carbocycles. The first-order chi connectivity index (χ1) is 10.0. The molecule has 8 heteroatoms. The fourth-order valence-corrected chi connectivity index (χ4v) is 2.59. The highest BCUT2D eigenvalue weighted by atomic mass is 16.6. The van der Waals surface area contributed by atoms with Gasteiger partial charge in [-0.1, -0.05) is 0 Å². The van der Waals surface area contributed by atoms with Gasteiger partial charge in [-0.25, -0.2) is 0 Å². The third-order valence-electron chi connectivity index (χ3n) is 3.61. The van der Waals surface area contributed by atoms with Gasteiger partial charge in [-0.05, 0) is 18.9 Å². The van der Waals surface area contributed by atoms with Gasteiger partial charge in [0.1, 0.15) is 16.7 Å². The first kappa shape index (κ1) is 15.5. The van der Waals surface area contributed by atoms with Crippen LogP contribution < -0.4 is 5.73 Å². The molecular weight excluding hydrogens is 278 g/mol. The predicted octanol–water partition coefficient (Wildman–Crippen LogP) is 1.22. The van der Waals surface area contributed by atoms with Crippen molar-refractivity contribution in [3.05, 3.63) is 28.0 Å². The summed E-state index contributed by atoms with van der Waals surface area (Å²) in [6.07, 6.45) is 1.77. The standard InChI is InChI=1S/C13H19N3O5/c1-20-8-7-15-11(17)4-2-3-9(14)13(15)10-5-6-12(21-10)16(18)19/h5-6,9,13H,2-4,7-8,14H2,1H3. The molecule has 21 heavy (non-hydrogen) atoms. The van der Waals surface area contributed by atoms with Gasteiger partial charge < -0.3 is 19.8 Å². The number of likely N-dealkylation sites (tertiary alicyclic amines) is 1. The molecular formula is C13H19N3O5. The van der Waals surface area contributed by atoms with E-state index in [-0.39, 0.29) is 17.8 Å². The second-order valence-corrected chi connectivity index (χ2v) is 5.01. The van der Waals surface area contributed by atoms with Gasteiger partial charge >= 0.3 is 5.88 Å². The highest BCUT2D eigenvalue weighted by molar-refractivity contribution is 5.77. The molecule has 0 aromatic carbocycles. The first-order valence-corrected chi connectivity index (χ1v) is 6.82. The average molecular weight is 297 g/mol. The van der Waals surface area contributed by atoms with E-state index in [2.05, 4.69) is 0 Å². The van der Waals surface area contributed by atoms with E-state index in [9.17, 15) is 14.9 Å². The van der Waals surface area contributed by atoms with E-state index in [1.807, 2.05) is 0 Å². The third-order valence-corrected chi connectivity index (χ3v) is 3.61. The lowest BCUT2D eigenvalue weighted by atomic mass is 10.0. The summed E-state index contributed by atoms with van der Waals surface area (Å²) >= 11 is 0. The van der Waals surface area contributed by atoms with Crippen LogP contribution in [0.15, 0.2) is 16.5 Å². The number of hydrogen-bond donors (Lipinski definition) is 1. The molecule has 1 aliphatic heterocycles. The topological polar surface area (TPSA) is 112 Å². The van der Waals surface area contributed by atoms with E-state index in [0.29, 0.717) is 38.2 Å². The molecule has 1 amide bonds. The van der Waals surface area contributed by atoms with Gasteiger partial charge in [0, 0.05) is 26.1 Å². The van der Waals surface area contributed by atoms with Crippen LogP contribution in [-0.2, 0) is 9.53 Å². The summed E-state index contributed by atoms with van der Waals surface area (Å²) in [7, 11) is 1.55. The SMILES string of the molecule is COCCN1C(=O)CCCC(N)C1c1ccc([N+](=O)[O-])o1. The van der Waals surface area contributed by atoms with Crippen molar-refractivity contribution in [2.75, 3.05) is 20.3 Å². The highest BCUT2D eigenvalue weighted by Crippen LogP contribution is 2.32. The zero-order chi connectivity index (χ0) is 15.4. The monoisotopic (exact) mass is 297 g/mol. The van der Waals surface area contributed by atoms with Crippen molar-refractivity contribution in [3.63, 3.8) is 0 Å². The van der Waals surface area contributed by atoms with Crippen molar-refractivity contribution in [2.45, 2.75) is 31.3 Å². The van der Waals surface area contributed by atoms with Gasteiger partial charge in [-0.3, -0.25) is 14.9 Å². The van der Waals surface area contributed by atoms with E-state index in [4.69, 9.17) is 14.9 Å². The summed E-state index contributed by atoms with van der Waals surface area (Å²) in [6.45, 7) is 0.750. The third kappa shape index (κ3) is 3.40. The molecule has 0 radical (unpaired) electrons. The summed E-state index contributed by atoms with van der Waals surface area (Å²) in [4.78, 5) is 24.0. The number of carbonyl (C=O) groups excluding carboxylic acids is 1. The number of carbonyl (C=O) groups is 1. The zero-order valence-electron chi connectivity index (χ0n) is 11.9. The van der Waals surface area contributed by atoms with E-state index >= 15 is 0 Å². The van der Waals surface area contributed by atoms with E-state index in [0.717, 1.165) is 0 Å². The Bertz CT molecular complexity index is 516. The maximum absolute atomic E-state index is 12.2. The number of nitrogens with two attached hydrogens (primary N) is 1. The van der Waals surface area contributed by atoms with Crippen molar-refractivity contribution in [3.8, 4) is 0 Å². The van der Waals surface area contributed by atoms with Gasteiger partial charge in [0.05, 0.1) is 12.7 Å². The Morgan fingerprint density at radius 3 is 2.95 bits per heavy atom. The number of rotatable bonds is 5. The minimum atomic E-state index is -0.604. The zero-order valence-corrected chi connectivity index (χ0v) is 11.9. The molecule has 1 aromatic rings. The molecule has 0 saturated carbocycles. The molecule has 8 nitrogen and oxygen atoms in total. The van der Waals surface area contributed by atoms with E-state index in [1.54, 1.807) is 12.0 Å². The molecule has 2 atom stereocenters. The Morgan fingerprint density at radius 1 is 1.57 bits per heavy atom. The van der Waals surface area contributed by atoms with Gasteiger partial charge in [0.2, 0.25) is 5.91 Å². The van der Waals surface area contributed by atoms with Crippen LogP contribution in [0, 0.1) is 10.1 Å². The first-order valence-electron chi connectivity index (χ1n) is 6.82. The fourth-order valence-electron chi connectivity index (χ4n) is 2.59. The summed E-state index contributed by atoms with van der Waals surface area (Å²) in [5, 5.41) is 10.7. The van der Waals surface area contributed by atoms with Crippen LogP contribution in [0.3, 0.4) is 0 Å². The van der Waals surface area contributed by atoms with Crippen LogP contribution in [0.4, 0.5) is 5.88 Å². The van der Waals surface area contributed by atoms with Crippen molar-refractivity contribution in [1.82, 2.24) is 4.90 Å². The largest absolute Gasteiger partial charge is 0.433 e. The Hall–Kier alpha value is -1.93. The normalized spacial score (nSPS) is 23.1. The van der Waals surface area contributed by atoms with Gasteiger partial charge in [-0.15, -0.1) is 0 Å². The maximum Gasteiger partial charge on any atom is 0.433 e. The second-order valence-electron chi connectivity index (χ2n) is 5.01. The lowest BCUT2D eigenvalue weighted by molar-refractivity contribution is -0.402. The van der Waals surface area contributed by atoms with Gasteiger partial charge in [-0.2, -0.15) is 0 Å². The quantitative estimate of drug-likeness (QED) is 0.646. The molecule has 1 fully saturated rings. The molecule has 2 unspecified atom stereocenters. The van der Waals surface area contributed by atoms with Crippen LogP contribution in [-0.4, -0.2) is 42.0 Å². The fraction of sp³-hybridized carbons (Fsp3) is 0.615. The number of nitro groups is 1. The number of nitrogens with zero attached hydrogens (tertiary/aromatic N) is 2. The average Bonchev–Trinajstić information content (AvgIpc) is 2.87. The summed E-state index contributed by atoms with van der Waals surface area (Å²) in [5.41, 5.74) is 6.16. The minimum absolute atomic E-state index is 0.0379. The Kier molecular flexibility index (Phi) is 4.92. The van der Waals surface area contributed by atoms with Crippen molar-refractivity contribution in [2.24, 2.45) is 5.73 Å². The van der Waals surface area contributed by atoms with Gasteiger partial charge in [0.15, 0.2) is 0 Å². The molecule has 116 valence electrons. The van der Waals surface area contributed by atoms with Crippen LogP contribution in [0.25, 0.3) is 0 Å². The predicted molar refractivity (Wildman–Crippen MR) is 73.5 cm³/mol. The van der Waals surface area contributed by atoms with Crippen LogP contribution >= 0.6 is 0 Å². The molecule has 1 aliphatic rings. The van der Waals surface area contributed by atoms with E-state index < -0.39 is 11.0 Å². The van der Waals surface area contributed by atoms with Crippen molar-refractivity contribution >= 4 is 11.8 Å². The lowest BCUT2D eigenvalue weighted by Gasteiger charge is -2.31. The Morgan fingerprint density at radius 2 is 2.33 bits per heavy atom. The van der Waals surface area contributed by atoms with Gasteiger partial charge in [0.25, 0.3) is 0 Å². The highest BCUT2D eigenvalue weighted by Gasteiger charge is 2.35. The van der Waals surface area contributed by atoms with Crippen molar-refractivity contribution in [1.29, 1.82) is 0 Å². The summed E-state index contributed by atoms with van der Waals surface area (Å²) in [6, 6.07) is 1.98. The minimum Gasteiger partial charge on any atom is -0.404 e. The number of ether oxygens (including phenoxy) is 1. The number of hydrogen-bond acceptors (Lipinski definition) is 6. The molecule has 0 spiro atoms. The van der Waals surface area contributed by atoms with E-state index in [1.165, 1.54) is 12.1 Å². The summed E-state index contributed by atoms with van der Waals surface area (Å²) < 4.78 is 10.3. The number of furan rings is 1. The lowest BCUT2D eigenvalue weighted by Crippen LogP contribution is -2.43. The van der Waals surface area contributed by atoms with Crippen molar-refractivity contribution < 1.29 is 18.9 Å². The summed E-state index contributed by atoms with van der Waals surface area (Å²) in [5.74, 6) is -0.0369. The molecule has 1 saturated heterocycles. The number of methoxy groups -OCH3 is 1. The number of amides is 1. The molecule has 2 heterocycles. The second kappa shape index (κ2) is 6.68. The van der Waals surface area contributed by atoms with Crippen LogP contribution in [0.5, 0.6) is 0 Å². The van der Waals surface area contributed by atoms with Crippen LogP contribution in [0.1, 0.15) is 31.1 Å². The Labute approximate surface area is 122 Å².